The molecule has 0 saturated heterocycles. The van der Waals surface area contributed by atoms with Gasteiger partial charge in [0.15, 0.2) is 6.61 Å². The third kappa shape index (κ3) is 6.02. The van der Waals surface area contributed by atoms with Crippen LogP contribution in [0, 0.1) is 25.7 Å². The van der Waals surface area contributed by atoms with E-state index in [1.54, 1.807) is 0 Å². The maximum Gasteiger partial charge on any atom is 0.316 e. The second-order valence-corrected chi connectivity index (χ2v) is 9.13. The molecule has 0 aromatic heterocycles. The zero-order chi connectivity index (χ0) is 19.3. The first-order valence-electron chi connectivity index (χ1n) is 9.12. The van der Waals surface area contributed by atoms with Crippen LogP contribution >= 0.6 is 27.7 Å². The van der Waals surface area contributed by atoms with E-state index in [1.165, 1.54) is 18.2 Å². The van der Waals surface area contributed by atoms with Crippen LogP contribution in [0.25, 0.3) is 0 Å². The molecule has 1 aliphatic carbocycles. The van der Waals surface area contributed by atoms with Gasteiger partial charge in [0.25, 0.3) is 5.91 Å². The minimum atomic E-state index is -0.366. The Kier molecular flexibility index (Phi) is 8.02. The molecule has 0 radical (unpaired) electrons. The zero-order valence-corrected chi connectivity index (χ0v) is 18.3. The molecule has 1 amide bonds. The Morgan fingerprint density at radius 1 is 1.23 bits per heavy atom. The summed E-state index contributed by atoms with van der Waals surface area (Å²) < 4.78 is 6.20. The molecule has 4 nitrogen and oxygen atoms in total. The van der Waals surface area contributed by atoms with Gasteiger partial charge in [-0.3, -0.25) is 9.59 Å². The molecule has 0 aliphatic heterocycles. The number of amides is 1. The third-order valence-electron chi connectivity index (χ3n) is 5.22. The Balaban J connectivity index is 1.74. The van der Waals surface area contributed by atoms with Gasteiger partial charge in [-0.15, -0.1) is 11.8 Å². The Bertz CT molecular complexity index is 665. The van der Waals surface area contributed by atoms with Crippen molar-refractivity contribution < 1.29 is 14.3 Å². The van der Waals surface area contributed by atoms with E-state index in [-0.39, 0.29) is 30.3 Å². The van der Waals surface area contributed by atoms with Gasteiger partial charge in [-0.25, -0.2) is 0 Å². The fourth-order valence-electron chi connectivity index (χ4n) is 3.27. The van der Waals surface area contributed by atoms with Gasteiger partial charge in [-0.05, 0) is 55.4 Å². The van der Waals surface area contributed by atoms with Crippen molar-refractivity contribution in [2.75, 3.05) is 12.4 Å². The number of nitrogens with one attached hydrogen (secondary N) is 1. The molecule has 0 spiro atoms. The highest BCUT2D eigenvalue weighted by atomic mass is 79.9. The summed E-state index contributed by atoms with van der Waals surface area (Å²) in [7, 11) is 0. The lowest BCUT2D eigenvalue weighted by atomic mass is 9.78. The number of carbonyl (C=O) groups excluding carboxylic acids is 2. The number of ether oxygens (including phenoxy) is 1. The van der Waals surface area contributed by atoms with Crippen molar-refractivity contribution in [2.24, 2.45) is 11.8 Å². The number of halogens is 1. The molecule has 6 heteroatoms. The summed E-state index contributed by atoms with van der Waals surface area (Å²) >= 11 is 4.94. The van der Waals surface area contributed by atoms with Gasteiger partial charge in [0.05, 0.1) is 5.75 Å². The molecule has 3 atom stereocenters. The number of hydrogen-bond donors (Lipinski definition) is 1. The summed E-state index contributed by atoms with van der Waals surface area (Å²) in [6, 6.07) is 4.28. The first kappa shape index (κ1) is 21.3. The maximum absolute atomic E-state index is 12.1. The number of aryl methyl sites for hydroxylation is 2. The van der Waals surface area contributed by atoms with Gasteiger partial charge < -0.3 is 10.1 Å². The average Bonchev–Trinajstić information content (AvgIpc) is 2.59. The normalized spacial score (nSPS) is 22.7. The standard InChI is InChI=1S/C20H28BrNO3S/c1-12-6-5-7-17(15(12)4)22-19(23)10-25-20(24)11-26-18-9-13(2)16(21)8-14(18)3/h8-9,12,15,17H,5-7,10-11H2,1-4H3,(H,22,23)/t12-,15-,17+/m0/s1. The van der Waals surface area contributed by atoms with Crippen LogP contribution in [0.15, 0.2) is 21.5 Å². The van der Waals surface area contributed by atoms with E-state index in [2.05, 4.69) is 41.2 Å². The van der Waals surface area contributed by atoms with Gasteiger partial charge in [0.1, 0.15) is 0 Å². The zero-order valence-electron chi connectivity index (χ0n) is 15.9. The number of esters is 1. The Hall–Kier alpha value is -1.01. The van der Waals surface area contributed by atoms with Crippen molar-refractivity contribution in [1.82, 2.24) is 5.32 Å². The van der Waals surface area contributed by atoms with Gasteiger partial charge in [0.2, 0.25) is 0 Å². The van der Waals surface area contributed by atoms with Crippen molar-refractivity contribution in [3.05, 3.63) is 27.7 Å². The van der Waals surface area contributed by atoms with Crippen molar-refractivity contribution in [2.45, 2.75) is 57.9 Å². The predicted molar refractivity (Wildman–Crippen MR) is 109 cm³/mol. The van der Waals surface area contributed by atoms with Crippen LogP contribution in [-0.2, 0) is 14.3 Å². The fraction of sp³-hybridized carbons (Fsp3) is 0.600. The van der Waals surface area contributed by atoms with Crippen LogP contribution in [-0.4, -0.2) is 30.3 Å². The van der Waals surface area contributed by atoms with Crippen molar-refractivity contribution in [3.8, 4) is 0 Å². The van der Waals surface area contributed by atoms with E-state index in [0.717, 1.165) is 33.3 Å². The topological polar surface area (TPSA) is 55.4 Å². The van der Waals surface area contributed by atoms with Crippen LogP contribution in [0.5, 0.6) is 0 Å². The Morgan fingerprint density at radius 3 is 2.69 bits per heavy atom. The highest BCUT2D eigenvalue weighted by Crippen LogP contribution is 2.30. The molecular weight excluding hydrogens is 414 g/mol. The molecule has 26 heavy (non-hydrogen) atoms. The maximum atomic E-state index is 12.1. The summed E-state index contributed by atoms with van der Waals surface area (Å²) in [6.45, 7) is 8.24. The SMILES string of the molecule is Cc1cc(SCC(=O)OCC(=O)N[C@@H]2CCC[C@H](C)[C@@H]2C)c(C)cc1Br. The molecule has 0 unspecified atom stereocenters. The van der Waals surface area contributed by atoms with Gasteiger partial charge >= 0.3 is 5.97 Å². The van der Waals surface area contributed by atoms with Gasteiger partial charge in [-0.1, -0.05) is 42.6 Å². The fourth-order valence-corrected chi connectivity index (χ4v) is 4.63. The quantitative estimate of drug-likeness (QED) is 0.515. The van der Waals surface area contributed by atoms with Crippen molar-refractivity contribution >= 4 is 39.6 Å². The van der Waals surface area contributed by atoms with Crippen LogP contribution < -0.4 is 5.32 Å². The predicted octanol–water partition coefficient (Wildman–Crippen LogP) is 4.64. The summed E-state index contributed by atoms with van der Waals surface area (Å²) in [5.41, 5.74) is 2.24. The first-order valence-corrected chi connectivity index (χ1v) is 10.9. The lowest BCUT2D eigenvalue weighted by molar-refractivity contribution is -0.146. The average molecular weight is 442 g/mol. The largest absolute Gasteiger partial charge is 0.455 e. The highest BCUT2D eigenvalue weighted by Gasteiger charge is 2.28. The van der Waals surface area contributed by atoms with E-state index in [9.17, 15) is 9.59 Å². The number of benzene rings is 1. The third-order valence-corrected chi connectivity index (χ3v) is 7.20. The van der Waals surface area contributed by atoms with E-state index in [4.69, 9.17) is 4.74 Å². The smallest absolute Gasteiger partial charge is 0.316 e. The first-order chi connectivity index (χ1) is 12.3. The highest BCUT2D eigenvalue weighted by molar-refractivity contribution is 9.10. The van der Waals surface area contributed by atoms with Crippen molar-refractivity contribution in [3.63, 3.8) is 0 Å². The molecule has 2 rings (SSSR count). The minimum absolute atomic E-state index is 0.188. The summed E-state index contributed by atoms with van der Waals surface area (Å²) in [4.78, 5) is 25.1. The Labute approximate surface area is 169 Å². The van der Waals surface area contributed by atoms with E-state index in [1.807, 2.05) is 19.9 Å². The van der Waals surface area contributed by atoms with Crippen LogP contribution in [0.2, 0.25) is 0 Å². The lowest BCUT2D eigenvalue weighted by Gasteiger charge is -2.34. The Morgan fingerprint density at radius 2 is 1.96 bits per heavy atom. The van der Waals surface area contributed by atoms with E-state index >= 15 is 0 Å². The van der Waals surface area contributed by atoms with Crippen LogP contribution in [0.1, 0.15) is 44.2 Å². The molecule has 1 aliphatic rings. The monoisotopic (exact) mass is 441 g/mol. The van der Waals surface area contributed by atoms with Gasteiger partial charge in [-0.2, -0.15) is 0 Å². The minimum Gasteiger partial charge on any atom is -0.455 e. The van der Waals surface area contributed by atoms with E-state index < -0.39 is 0 Å². The number of rotatable bonds is 6. The number of hydrogen-bond acceptors (Lipinski definition) is 4. The molecule has 1 N–H and O–H groups in total. The second kappa shape index (κ2) is 9.79. The molecule has 1 aromatic carbocycles. The lowest BCUT2D eigenvalue weighted by Crippen LogP contribution is -2.45. The second-order valence-electron chi connectivity index (χ2n) is 7.26. The van der Waals surface area contributed by atoms with Crippen molar-refractivity contribution in [1.29, 1.82) is 0 Å². The summed E-state index contributed by atoms with van der Waals surface area (Å²) in [5.74, 6) is 0.708. The molecule has 1 saturated carbocycles. The number of carbonyl (C=O) groups is 2. The van der Waals surface area contributed by atoms with Gasteiger partial charge in [0, 0.05) is 15.4 Å². The van der Waals surface area contributed by atoms with Crippen LogP contribution in [0.4, 0.5) is 0 Å². The van der Waals surface area contributed by atoms with Crippen LogP contribution in [0.3, 0.4) is 0 Å². The van der Waals surface area contributed by atoms with E-state index in [0.29, 0.717) is 11.8 Å². The summed E-state index contributed by atoms with van der Waals surface area (Å²) in [6.07, 6.45) is 3.36. The summed E-state index contributed by atoms with van der Waals surface area (Å²) in [5, 5.41) is 3.02. The molecule has 1 aromatic rings. The number of thioether (sulfide) groups is 1. The molecule has 0 bridgehead atoms. The molecule has 1 fully saturated rings. The molecule has 144 valence electrons. The molecular formula is C20H28BrNO3S. The molecule has 0 heterocycles.